The van der Waals surface area contributed by atoms with Crippen molar-refractivity contribution in [3.05, 3.63) is 0 Å². The van der Waals surface area contributed by atoms with Gasteiger partial charge in [0.05, 0.1) is 0 Å². The molecule has 0 aromatic rings. The Morgan fingerprint density at radius 3 is 2.47 bits per heavy atom. The molecule has 0 heterocycles. The second-order valence-corrected chi connectivity index (χ2v) is 6.27. The topological polar surface area (TPSA) is 15.3 Å². The van der Waals surface area contributed by atoms with Crippen molar-refractivity contribution >= 4 is 0 Å². The van der Waals surface area contributed by atoms with Crippen LogP contribution in [-0.4, -0.2) is 37.1 Å². The van der Waals surface area contributed by atoms with Gasteiger partial charge in [-0.25, -0.2) is 0 Å². The first kappa shape index (κ1) is 13.4. The van der Waals surface area contributed by atoms with Crippen molar-refractivity contribution in [2.45, 2.75) is 64.5 Å². The molecule has 0 amide bonds. The Kier molecular flexibility index (Phi) is 4.87. The largest absolute Gasteiger partial charge is 0.313 e. The highest BCUT2D eigenvalue weighted by molar-refractivity contribution is 4.90. The molecule has 2 aliphatic rings. The van der Waals surface area contributed by atoms with Crippen LogP contribution in [0.25, 0.3) is 0 Å². The summed E-state index contributed by atoms with van der Waals surface area (Å²) in [5.41, 5.74) is 0. The highest BCUT2D eigenvalue weighted by Gasteiger charge is 2.33. The van der Waals surface area contributed by atoms with Gasteiger partial charge in [-0.05, 0) is 51.1 Å². The van der Waals surface area contributed by atoms with Crippen molar-refractivity contribution in [3.8, 4) is 0 Å². The van der Waals surface area contributed by atoms with Gasteiger partial charge in [0, 0.05) is 18.6 Å². The molecular formula is C15H30N2. The molecule has 0 spiro atoms. The summed E-state index contributed by atoms with van der Waals surface area (Å²) in [6.45, 7) is 7.06. The van der Waals surface area contributed by atoms with Crippen LogP contribution in [0.4, 0.5) is 0 Å². The minimum atomic E-state index is 0.749. The molecule has 0 aliphatic heterocycles. The molecule has 3 atom stereocenters. The average Bonchev–Trinajstić information content (AvgIpc) is 3.12. The summed E-state index contributed by atoms with van der Waals surface area (Å²) >= 11 is 0. The van der Waals surface area contributed by atoms with Crippen LogP contribution < -0.4 is 5.32 Å². The van der Waals surface area contributed by atoms with Crippen LogP contribution in [0.15, 0.2) is 0 Å². The van der Waals surface area contributed by atoms with Gasteiger partial charge in [-0.15, -0.1) is 0 Å². The number of hydrogen-bond acceptors (Lipinski definition) is 2. The first-order chi connectivity index (χ1) is 8.22. The molecule has 0 radical (unpaired) electrons. The maximum Gasteiger partial charge on any atom is 0.0223 e. The molecule has 1 N–H and O–H groups in total. The monoisotopic (exact) mass is 238 g/mol. The lowest BCUT2D eigenvalue weighted by Crippen LogP contribution is -2.47. The van der Waals surface area contributed by atoms with Crippen LogP contribution in [-0.2, 0) is 0 Å². The smallest absolute Gasteiger partial charge is 0.0223 e. The van der Waals surface area contributed by atoms with Gasteiger partial charge in [0.25, 0.3) is 0 Å². The molecule has 0 aromatic carbocycles. The molecule has 2 aliphatic carbocycles. The fourth-order valence-corrected chi connectivity index (χ4v) is 3.54. The SMILES string of the molecule is CCNC(CN(C)C1CCCCC1C)C1CC1. The van der Waals surface area contributed by atoms with Gasteiger partial charge in [0.2, 0.25) is 0 Å². The third kappa shape index (κ3) is 3.69. The summed E-state index contributed by atoms with van der Waals surface area (Å²) in [4.78, 5) is 2.65. The lowest BCUT2D eigenvalue weighted by Gasteiger charge is -2.38. The predicted octanol–water partition coefficient (Wildman–Crippen LogP) is 2.89. The molecule has 3 unspecified atom stereocenters. The summed E-state index contributed by atoms with van der Waals surface area (Å²) in [6, 6.07) is 1.59. The molecule has 2 fully saturated rings. The maximum absolute atomic E-state index is 3.69. The van der Waals surface area contributed by atoms with Crippen molar-refractivity contribution in [2.24, 2.45) is 11.8 Å². The molecular weight excluding hydrogens is 208 g/mol. The second-order valence-electron chi connectivity index (χ2n) is 6.27. The number of hydrogen-bond donors (Lipinski definition) is 1. The molecule has 0 saturated heterocycles. The summed E-state index contributed by atoms with van der Waals surface area (Å²) in [5, 5.41) is 3.69. The highest BCUT2D eigenvalue weighted by Crippen LogP contribution is 2.34. The fraction of sp³-hybridized carbons (Fsp3) is 1.00. The van der Waals surface area contributed by atoms with E-state index in [1.165, 1.54) is 45.1 Å². The van der Waals surface area contributed by atoms with E-state index in [1.54, 1.807) is 0 Å². The molecule has 100 valence electrons. The van der Waals surface area contributed by atoms with Gasteiger partial charge in [-0.1, -0.05) is 26.7 Å². The number of nitrogens with zero attached hydrogens (tertiary/aromatic N) is 1. The van der Waals surface area contributed by atoms with Gasteiger partial charge in [0.15, 0.2) is 0 Å². The van der Waals surface area contributed by atoms with Crippen LogP contribution in [0.3, 0.4) is 0 Å². The van der Waals surface area contributed by atoms with Gasteiger partial charge in [0.1, 0.15) is 0 Å². The van der Waals surface area contributed by atoms with E-state index in [0.29, 0.717) is 0 Å². The zero-order valence-electron chi connectivity index (χ0n) is 11.9. The Hall–Kier alpha value is -0.0800. The minimum Gasteiger partial charge on any atom is -0.313 e. The summed E-state index contributed by atoms with van der Waals surface area (Å²) < 4.78 is 0. The first-order valence-electron chi connectivity index (χ1n) is 7.66. The Bertz CT molecular complexity index is 225. The predicted molar refractivity (Wildman–Crippen MR) is 74.2 cm³/mol. The zero-order chi connectivity index (χ0) is 12.3. The molecule has 2 rings (SSSR count). The van der Waals surface area contributed by atoms with E-state index in [0.717, 1.165) is 30.5 Å². The van der Waals surface area contributed by atoms with E-state index >= 15 is 0 Å². The zero-order valence-corrected chi connectivity index (χ0v) is 11.9. The lowest BCUT2D eigenvalue weighted by atomic mass is 9.85. The van der Waals surface area contributed by atoms with E-state index in [1.807, 2.05) is 0 Å². The van der Waals surface area contributed by atoms with Gasteiger partial charge in [-0.3, -0.25) is 0 Å². The second kappa shape index (κ2) is 6.19. The molecule has 2 saturated carbocycles. The van der Waals surface area contributed by atoms with Crippen LogP contribution in [0, 0.1) is 11.8 Å². The van der Waals surface area contributed by atoms with Crippen molar-refractivity contribution in [1.29, 1.82) is 0 Å². The third-order valence-corrected chi connectivity index (χ3v) is 4.77. The van der Waals surface area contributed by atoms with Crippen molar-refractivity contribution in [1.82, 2.24) is 10.2 Å². The fourth-order valence-electron chi connectivity index (χ4n) is 3.54. The normalized spacial score (nSPS) is 31.8. The van der Waals surface area contributed by atoms with E-state index in [9.17, 15) is 0 Å². The average molecular weight is 238 g/mol. The Balaban J connectivity index is 1.82. The van der Waals surface area contributed by atoms with Gasteiger partial charge < -0.3 is 10.2 Å². The molecule has 2 nitrogen and oxygen atoms in total. The summed E-state index contributed by atoms with van der Waals surface area (Å²) in [5.74, 6) is 1.87. The number of nitrogens with one attached hydrogen (secondary N) is 1. The minimum absolute atomic E-state index is 0.749. The van der Waals surface area contributed by atoms with Gasteiger partial charge >= 0.3 is 0 Å². The number of rotatable bonds is 6. The standard InChI is InChI=1S/C15H30N2/c1-4-16-14(13-9-10-13)11-17(3)15-8-6-5-7-12(15)2/h12-16H,4-11H2,1-3H3. The van der Waals surface area contributed by atoms with Crippen LogP contribution in [0.5, 0.6) is 0 Å². The third-order valence-electron chi connectivity index (χ3n) is 4.77. The van der Waals surface area contributed by atoms with E-state index in [4.69, 9.17) is 0 Å². The van der Waals surface area contributed by atoms with Crippen molar-refractivity contribution in [2.75, 3.05) is 20.1 Å². The molecule has 17 heavy (non-hydrogen) atoms. The van der Waals surface area contributed by atoms with E-state index < -0.39 is 0 Å². The van der Waals surface area contributed by atoms with Gasteiger partial charge in [-0.2, -0.15) is 0 Å². The van der Waals surface area contributed by atoms with E-state index in [2.05, 4.69) is 31.1 Å². The Morgan fingerprint density at radius 2 is 1.88 bits per heavy atom. The number of likely N-dealkylation sites (N-methyl/N-ethyl adjacent to an activating group) is 2. The van der Waals surface area contributed by atoms with Crippen molar-refractivity contribution < 1.29 is 0 Å². The van der Waals surface area contributed by atoms with Crippen LogP contribution in [0.2, 0.25) is 0 Å². The molecule has 0 aromatic heterocycles. The highest BCUT2D eigenvalue weighted by atomic mass is 15.2. The molecule has 0 bridgehead atoms. The summed E-state index contributed by atoms with van der Waals surface area (Å²) in [6.07, 6.45) is 8.64. The van der Waals surface area contributed by atoms with Crippen molar-refractivity contribution in [3.63, 3.8) is 0 Å². The first-order valence-corrected chi connectivity index (χ1v) is 7.66. The summed E-state index contributed by atoms with van der Waals surface area (Å²) in [7, 11) is 2.35. The van der Waals surface area contributed by atoms with Crippen LogP contribution >= 0.6 is 0 Å². The molecule has 2 heteroatoms. The Labute approximate surface area is 107 Å². The maximum atomic E-state index is 3.69. The van der Waals surface area contributed by atoms with E-state index in [-0.39, 0.29) is 0 Å². The lowest BCUT2D eigenvalue weighted by molar-refractivity contribution is 0.124. The quantitative estimate of drug-likeness (QED) is 0.765. The van der Waals surface area contributed by atoms with Crippen LogP contribution in [0.1, 0.15) is 52.4 Å². The Morgan fingerprint density at radius 1 is 1.18 bits per heavy atom.